The molecule has 3 heterocycles. The molecule has 0 unspecified atom stereocenters. The van der Waals surface area contributed by atoms with Gasteiger partial charge >= 0.3 is 0 Å². The molecule has 170 valence electrons. The largest absolute Gasteiger partial charge is 0.383 e. The van der Waals surface area contributed by atoms with Crippen LogP contribution in [0.2, 0.25) is 0 Å². The van der Waals surface area contributed by atoms with Gasteiger partial charge in [-0.1, -0.05) is 60.4 Å². The first-order valence-corrected chi connectivity index (χ1v) is 11.7. The number of ether oxygens (including phenoxy) is 1. The van der Waals surface area contributed by atoms with E-state index in [1.165, 1.54) is 16.2 Å². The number of carbonyl (C=O) groups is 1. The van der Waals surface area contributed by atoms with Gasteiger partial charge in [-0.25, -0.2) is 4.98 Å². The first kappa shape index (κ1) is 23.2. The molecule has 9 heteroatoms. The number of thioether (sulfide) groups is 1. The number of anilines is 1. The van der Waals surface area contributed by atoms with Gasteiger partial charge in [0.15, 0.2) is 0 Å². The van der Waals surface area contributed by atoms with Crippen molar-refractivity contribution in [2.45, 2.75) is 19.9 Å². The number of carbonyl (C=O) groups excluding carboxylic acids is 1. The zero-order valence-corrected chi connectivity index (χ0v) is 20.2. The second kappa shape index (κ2) is 9.86. The Morgan fingerprint density at radius 2 is 1.97 bits per heavy atom. The summed E-state index contributed by atoms with van der Waals surface area (Å²) in [6, 6.07) is 13.2. The summed E-state index contributed by atoms with van der Waals surface area (Å²) < 4.78 is 7.08. The monoisotopic (exact) mass is 480 g/mol. The molecular weight excluding hydrogens is 456 g/mol. The Morgan fingerprint density at radius 3 is 2.70 bits per heavy atom. The van der Waals surface area contributed by atoms with Gasteiger partial charge in [0.25, 0.3) is 11.5 Å². The Hall–Kier alpha value is -3.01. The third-order valence-corrected chi connectivity index (χ3v) is 6.78. The van der Waals surface area contributed by atoms with Gasteiger partial charge < -0.3 is 10.1 Å². The SMILES string of the molecule is COCCNc1nc2c(C)cccn2c(=O)c1/C=C1\SC(=S)N([C@@H](C)c2ccccc2)C1=O. The molecule has 0 radical (unpaired) electrons. The van der Waals surface area contributed by atoms with Crippen LogP contribution >= 0.6 is 24.0 Å². The van der Waals surface area contributed by atoms with Crippen LogP contribution in [0.5, 0.6) is 0 Å². The van der Waals surface area contributed by atoms with Crippen molar-refractivity contribution in [3.05, 3.63) is 80.6 Å². The van der Waals surface area contributed by atoms with Crippen molar-refractivity contribution < 1.29 is 9.53 Å². The van der Waals surface area contributed by atoms with Crippen molar-refractivity contribution in [3.63, 3.8) is 0 Å². The van der Waals surface area contributed by atoms with Gasteiger partial charge in [-0.15, -0.1) is 0 Å². The molecule has 1 amide bonds. The lowest BCUT2D eigenvalue weighted by atomic mass is 10.1. The van der Waals surface area contributed by atoms with E-state index in [2.05, 4.69) is 10.3 Å². The van der Waals surface area contributed by atoms with E-state index in [-0.39, 0.29) is 17.5 Å². The van der Waals surface area contributed by atoms with Gasteiger partial charge in [-0.05, 0) is 37.1 Å². The lowest BCUT2D eigenvalue weighted by molar-refractivity contribution is -0.123. The maximum atomic E-state index is 13.4. The number of rotatable bonds is 7. The molecule has 7 nitrogen and oxygen atoms in total. The van der Waals surface area contributed by atoms with Crippen molar-refractivity contribution >= 4 is 51.7 Å². The maximum absolute atomic E-state index is 13.4. The molecule has 1 aliphatic heterocycles. The van der Waals surface area contributed by atoms with Crippen molar-refractivity contribution in [1.29, 1.82) is 0 Å². The first-order valence-electron chi connectivity index (χ1n) is 10.5. The Balaban J connectivity index is 1.77. The highest BCUT2D eigenvalue weighted by Gasteiger charge is 2.36. The van der Waals surface area contributed by atoms with E-state index in [1.54, 1.807) is 30.3 Å². The van der Waals surface area contributed by atoms with E-state index in [9.17, 15) is 9.59 Å². The minimum atomic E-state index is -0.259. The topological polar surface area (TPSA) is 75.9 Å². The Morgan fingerprint density at radius 1 is 1.21 bits per heavy atom. The highest BCUT2D eigenvalue weighted by molar-refractivity contribution is 8.26. The molecule has 1 atom stereocenters. The van der Waals surface area contributed by atoms with Crippen LogP contribution in [-0.2, 0) is 9.53 Å². The van der Waals surface area contributed by atoms with Crippen LogP contribution in [0.3, 0.4) is 0 Å². The fourth-order valence-corrected chi connectivity index (χ4v) is 5.07. The fourth-order valence-electron chi connectivity index (χ4n) is 3.67. The molecule has 1 aromatic carbocycles. The van der Waals surface area contributed by atoms with Crippen molar-refractivity contribution in [2.75, 3.05) is 25.6 Å². The molecule has 3 aromatic rings. The lowest BCUT2D eigenvalue weighted by Crippen LogP contribution is -2.31. The summed E-state index contributed by atoms with van der Waals surface area (Å²) in [4.78, 5) is 33.4. The zero-order chi connectivity index (χ0) is 23.5. The molecule has 1 aliphatic rings. The third-order valence-electron chi connectivity index (χ3n) is 5.45. The van der Waals surface area contributed by atoms with Crippen LogP contribution in [0.4, 0.5) is 5.82 Å². The molecule has 1 saturated heterocycles. The van der Waals surface area contributed by atoms with E-state index in [1.807, 2.05) is 50.2 Å². The van der Waals surface area contributed by atoms with Gasteiger partial charge in [-0.2, -0.15) is 0 Å². The van der Waals surface area contributed by atoms with Crippen LogP contribution in [0.1, 0.15) is 29.7 Å². The highest BCUT2D eigenvalue weighted by atomic mass is 32.2. The Labute approximate surface area is 201 Å². The number of aromatic nitrogens is 2. The number of benzene rings is 1. The fraction of sp³-hybridized carbons (Fsp3) is 0.250. The molecule has 0 saturated carbocycles. The number of pyridine rings is 1. The van der Waals surface area contributed by atoms with E-state index < -0.39 is 0 Å². The van der Waals surface area contributed by atoms with Crippen LogP contribution in [0.25, 0.3) is 11.7 Å². The normalized spacial score (nSPS) is 16.1. The van der Waals surface area contributed by atoms with E-state index in [0.29, 0.717) is 39.4 Å². The molecule has 1 N–H and O–H groups in total. The van der Waals surface area contributed by atoms with Gasteiger partial charge in [-0.3, -0.25) is 18.9 Å². The number of nitrogens with one attached hydrogen (secondary N) is 1. The van der Waals surface area contributed by atoms with E-state index in [0.717, 1.165) is 11.1 Å². The molecule has 0 spiro atoms. The van der Waals surface area contributed by atoms with Crippen LogP contribution < -0.4 is 10.9 Å². The third kappa shape index (κ3) is 4.57. The summed E-state index contributed by atoms with van der Waals surface area (Å²) >= 11 is 6.72. The summed E-state index contributed by atoms with van der Waals surface area (Å²) in [6.45, 7) is 4.76. The minimum Gasteiger partial charge on any atom is -0.383 e. The van der Waals surface area contributed by atoms with Gasteiger partial charge in [0.05, 0.1) is 23.1 Å². The Kier molecular flexibility index (Phi) is 6.92. The van der Waals surface area contributed by atoms with Crippen LogP contribution in [-0.4, -0.2) is 44.8 Å². The van der Waals surface area contributed by atoms with Gasteiger partial charge in [0.1, 0.15) is 15.8 Å². The van der Waals surface area contributed by atoms with Crippen molar-refractivity contribution in [1.82, 2.24) is 14.3 Å². The summed E-state index contributed by atoms with van der Waals surface area (Å²) in [7, 11) is 1.61. The summed E-state index contributed by atoms with van der Waals surface area (Å²) in [5.74, 6) is 0.186. The number of methoxy groups -OCH3 is 1. The minimum absolute atomic E-state index is 0.220. The van der Waals surface area contributed by atoms with Crippen molar-refractivity contribution in [3.8, 4) is 0 Å². The molecule has 1 fully saturated rings. The predicted molar refractivity (Wildman–Crippen MR) is 136 cm³/mol. The number of hydrogen-bond acceptors (Lipinski definition) is 7. The molecular formula is C24H24N4O3S2. The van der Waals surface area contributed by atoms with E-state index in [4.69, 9.17) is 17.0 Å². The maximum Gasteiger partial charge on any atom is 0.267 e. The molecule has 4 rings (SSSR count). The predicted octanol–water partition coefficient (Wildman–Crippen LogP) is 4.02. The zero-order valence-electron chi connectivity index (χ0n) is 18.6. The standard InChI is InChI=1S/C24H24N4O3S2/c1-15-8-7-12-27-21(15)26-20(25-11-13-31-3)18(22(27)29)14-19-23(30)28(24(32)33-19)16(2)17-9-5-4-6-10-17/h4-10,12,14,16,25H,11,13H2,1-3H3/b19-14-/t16-/m0/s1. The number of aryl methyl sites for hydroxylation is 1. The smallest absolute Gasteiger partial charge is 0.267 e. The molecule has 0 aliphatic carbocycles. The average Bonchev–Trinajstić information content (AvgIpc) is 3.09. The second-order valence-electron chi connectivity index (χ2n) is 7.62. The molecule has 0 bridgehead atoms. The highest BCUT2D eigenvalue weighted by Crippen LogP contribution is 2.38. The van der Waals surface area contributed by atoms with Gasteiger partial charge in [0, 0.05) is 19.9 Å². The van der Waals surface area contributed by atoms with Crippen molar-refractivity contribution in [2.24, 2.45) is 0 Å². The van der Waals surface area contributed by atoms with Gasteiger partial charge in [0.2, 0.25) is 0 Å². The number of thiocarbonyl (C=S) groups is 1. The average molecular weight is 481 g/mol. The van der Waals surface area contributed by atoms with E-state index >= 15 is 0 Å². The number of amides is 1. The Bertz CT molecular complexity index is 1300. The summed E-state index contributed by atoms with van der Waals surface area (Å²) in [5.41, 5.74) is 2.47. The number of nitrogens with zero attached hydrogens (tertiary/aromatic N) is 3. The van der Waals surface area contributed by atoms with Crippen LogP contribution in [0.15, 0.2) is 58.4 Å². The number of fused-ring (bicyclic) bond motifs is 1. The van der Waals surface area contributed by atoms with Crippen LogP contribution in [0, 0.1) is 6.92 Å². The quantitative estimate of drug-likeness (QED) is 0.311. The number of hydrogen-bond donors (Lipinski definition) is 1. The molecule has 33 heavy (non-hydrogen) atoms. The summed E-state index contributed by atoms with van der Waals surface area (Å²) in [6.07, 6.45) is 3.27. The molecule has 2 aromatic heterocycles. The summed E-state index contributed by atoms with van der Waals surface area (Å²) in [5, 5.41) is 3.17. The first-order chi connectivity index (χ1) is 15.9. The second-order valence-corrected chi connectivity index (χ2v) is 9.30. The lowest BCUT2D eigenvalue weighted by Gasteiger charge is -2.23.